The molecule has 1 rings (SSSR count). The highest BCUT2D eigenvalue weighted by molar-refractivity contribution is 5.60. The first-order valence-corrected chi connectivity index (χ1v) is 4.80. The van der Waals surface area contributed by atoms with Gasteiger partial charge >= 0.3 is 0 Å². The number of ether oxygens (including phenoxy) is 1. The number of benzene rings is 1. The molecule has 0 aliphatic rings. The maximum absolute atomic E-state index is 10.6. The SMILES string of the molecule is CC/C(=C\c1cc(OC)ccc1O)[N+](=O)[O-]. The Kier molecular flexibility index (Phi) is 3.88. The van der Waals surface area contributed by atoms with Crippen LogP contribution in [0.25, 0.3) is 6.08 Å². The zero-order valence-electron chi connectivity index (χ0n) is 9.14. The van der Waals surface area contributed by atoms with Gasteiger partial charge in [0, 0.05) is 18.1 Å². The number of rotatable bonds is 4. The van der Waals surface area contributed by atoms with Gasteiger partial charge in [-0.05, 0) is 18.2 Å². The molecule has 5 heteroatoms. The van der Waals surface area contributed by atoms with Crippen LogP contribution in [-0.2, 0) is 0 Å². The molecule has 1 aromatic carbocycles. The first-order chi connectivity index (χ1) is 7.58. The average Bonchev–Trinajstić information content (AvgIpc) is 2.27. The predicted molar refractivity (Wildman–Crippen MR) is 59.9 cm³/mol. The van der Waals surface area contributed by atoms with Gasteiger partial charge < -0.3 is 9.84 Å². The van der Waals surface area contributed by atoms with Crippen molar-refractivity contribution in [2.75, 3.05) is 7.11 Å². The molecule has 0 aliphatic carbocycles. The van der Waals surface area contributed by atoms with Crippen molar-refractivity contribution in [3.05, 3.63) is 39.6 Å². The van der Waals surface area contributed by atoms with E-state index in [0.29, 0.717) is 17.7 Å². The first-order valence-electron chi connectivity index (χ1n) is 4.80. The van der Waals surface area contributed by atoms with Crippen LogP contribution in [0.1, 0.15) is 18.9 Å². The number of phenolic OH excluding ortho intramolecular Hbond substituents is 1. The molecule has 0 atom stereocenters. The molecule has 0 aromatic heterocycles. The molecular formula is C11H13NO4. The fraction of sp³-hybridized carbons (Fsp3) is 0.273. The van der Waals surface area contributed by atoms with Crippen LogP contribution in [0.15, 0.2) is 23.9 Å². The number of phenols is 1. The third-order valence-electron chi connectivity index (χ3n) is 2.15. The minimum atomic E-state index is -0.459. The molecule has 16 heavy (non-hydrogen) atoms. The summed E-state index contributed by atoms with van der Waals surface area (Å²) in [5, 5.41) is 20.2. The third-order valence-corrected chi connectivity index (χ3v) is 2.15. The van der Waals surface area contributed by atoms with Gasteiger partial charge in [-0.25, -0.2) is 0 Å². The number of hydrogen-bond donors (Lipinski definition) is 1. The maximum atomic E-state index is 10.6. The Balaban J connectivity index is 3.16. The number of methoxy groups -OCH3 is 1. The molecule has 0 amide bonds. The molecule has 1 N–H and O–H groups in total. The molecule has 0 aliphatic heterocycles. The van der Waals surface area contributed by atoms with E-state index in [4.69, 9.17) is 4.74 Å². The van der Waals surface area contributed by atoms with Crippen molar-refractivity contribution in [3.8, 4) is 11.5 Å². The van der Waals surface area contributed by atoms with E-state index >= 15 is 0 Å². The highest BCUT2D eigenvalue weighted by atomic mass is 16.6. The van der Waals surface area contributed by atoms with Gasteiger partial charge in [-0.3, -0.25) is 10.1 Å². The molecule has 0 unspecified atom stereocenters. The van der Waals surface area contributed by atoms with E-state index in [9.17, 15) is 15.2 Å². The maximum Gasteiger partial charge on any atom is 0.246 e. The van der Waals surface area contributed by atoms with Crippen molar-refractivity contribution in [2.45, 2.75) is 13.3 Å². The Morgan fingerprint density at radius 1 is 1.62 bits per heavy atom. The van der Waals surface area contributed by atoms with Crippen LogP contribution in [0.3, 0.4) is 0 Å². The van der Waals surface area contributed by atoms with Gasteiger partial charge in [-0.2, -0.15) is 0 Å². The summed E-state index contributed by atoms with van der Waals surface area (Å²) in [6.07, 6.45) is 1.64. The molecule has 5 nitrogen and oxygen atoms in total. The van der Waals surface area contributed by atoms with Gasteiger partial charge in [-0.15, -0.1) is 0 Å². The van der Waals surface area contributed by atoms with E-state index in [0.717, 1.165) is 0 Å². The van der Waals surface area contributed by atoms with Gasteiger partial charge in [0.1, 0.15) is 11.5 Å². The summed E-state index contributed by atoms with van der Waals surface area (Å²) < 4.78 is 4.98. The smallest absolute Gasteiger partial charge is 0.246 e. The lowest BCUT2D eigenvalue weighted by Crippen LogP contribution is -1.96. The van der Waals surface area contributed by atoms with E-state index in [1.54, 1.807) is 19.1 Å². The zero-order valence-corrected chi connectivity index (χ0v) is 9.14. The van der Waals surface area contributed by atoms with Crippen molar-refractivity contribution in [3.63, 3.8) is 0 Å². The summed E-state index contributed by atoms with van der Waals surface area (Å²) in [5.74, 6) is 0.538. The molecule has 86 valence electrons. The number of nitrogens with zero attached hydrogens (tertiary/aromatic N) is 1. The minimum absolute atomic E-state index is 0.00593. The number of allylic oxidation sites excluding steroid dienone is 1. The van der Waals surface area contributed by atoms with Crippen LogP contribution < -0.4 is 4.74 Å². The van der Waals surface area contributed by atoms with Gasteiger partial charge in [0.15, 0.2) is 0 Å². The van der Waals surface area contributed by atoms with E-state index in [2.05, 4.69) is 0 Å². The van der Waals surface area contributed by atoms with Crippen molar-refractivity contribution in [1.29, 1.82) is 0 Å². The lowest BCUT2D eigenvalue weighted by Gasteiger charge is -2.03. The lowest BCUT2D eigenvalue weighted by atomic mass is 10.1. The van der Waals surface area contributed by atoms with Gasteiger partial charge in [-0.1, -0.05) is 6.92 Å². The summed E-state index contributed by atoms with van der Waals surface area (Å²) in [6.45, 7) is 1.69. The van der Waals surface area contributed by atoms with Crippen LogP contribution in [0, 0.1) is 10.1 Å². The molecule has 1 aromatic rings. The van der Waals surface area contributed by atoms with E-state index in [-0.39, 0.29) is 11.4 Å². The number of hydrogen-bond acceptors (Lipinski definition) is 4. The largest absolute Gasteiger partial charge is 0.507 e. The summed E-state index contributed by atoms with van der Waals surface area (Å²) in [6, 6.07) is 4.58. The molecule has 0 spiro atoms. The predicted octanol–water partition coefficient (Wildman–Crippen LogP) is 2.43. The number of nitro groups is 1. The van der Waals surface area contributed by atoms with Gasteiger partial charge in [0.25, 0.3) is 0 Å². The quantitative estimate of drug-likeness (QED) is 0.628. The van der Waals surface area contributed by atoms with Crippen molar-refractivity contribution in [1.82, 2.24) is 0 Å². The monoisotopic (exact) mass is 223 g/mol. The second kappa shape index (κ2) is 5.16. The topological polar surface area (TPSA) is 72.6 Å². The molecule has 0 fully saturated rings. The van der Waals surface area contributed by atoms with Crippen LogP contribution >= 0.6 is 0 Å². The number of aromatic hydroxyl groups is 1. The Bertz CT molecular complexity index is 426. The second-order valence-corrected chi connectivity index (χ2v) is 3.17. The Morgan fingerprint density at radius 3 is 2.81 bits per heavy atom. The van der Waals surface area contributed by atoms with Crippen molar-refractivity contribution in [2.24, 2.45) is 0 Å². The van der Waals surface area contributed by atoms with Crippen LogP contribution in [-0.4, -0.2) is 17.1 Å². The summed E-state index contributed by atoms with van der Waals surface area (Å²) in [5.41, 5.74) is 0.427. The average molecular weight is 223 g/mol. The van der Waals surface area contributed by atoms with Crippen LogP contribution in [0.5, 0.6) is 11.5 Å². The Labute approximate surface area is 93.1 Å². The fourth-order valence-electron chi connectivity index (χ4n) is 1.24. The summed E-state index contributed by atoms with van der Waals surface area (Å²) in [7, 11) is 1.49. The zero-order chi connectivity index (χ0) is 12.1. The van der Waals surface area contributed by atoms with Gasteiger partial charge in [0.2, 0.25) is 5.70 Å². The van der Waals surface area contributed by atoms with E-state index in [1.807, 2.05) is 0 Å². The second-order valence-electron chi connectivity index (χ2n) is 3.17. The van der Waals surface area contributed by atoms with E-state index in [1.165, 1.54) is 19.3 Å². The summed E-state index contributed by atoms with van der Waals surface area (Å²) >= 11 is 0. The molecule has 0 saturated carbocycles. The fourth-order valence-corrected chi connectivity index (χ4v) is 1.24. The van der Waals surface area contributed by atoms with Gasteiger partial charge in [0.05, 0.1) is 12.0 Å². The highest BCUT2D eigenvalue weighted by Gasteiger charge is 2.09. The Morgan fingerprint density at radius 2 is 2.31 bits per heavy atom. The summed E-state index contributed by atoms with van der Waals surface area (Å²) in [4.78, 5) is 10.2. The highest BCUT2D eigenvalue weighted by Crippen LogP contribution is 2.25. The molecule has 0 radical (unpaired) electrons. The normalized spacial score (nSPS) is 11.2. The standard InChI is InChI=1S/C11H13NO4/c1-3-9(12(14)15)6-8-7-10(16-2)4-5-11(8)13/h4-7,13H,3H2,1-2H3/b9-6+. The minimum Gasteiger partial charge on any atom is -0.507 e. The molecule has 0 heterocycles. The molecule has 0 saturated heterocycles. The van der Waals surface area contributed by atoms with Crippen LogP contribution in [0.2, 0.25) is 0 Å². The Hall–Kier alpha value is -2.04. The van der Waals surface area contributed by atoms with Crippen LogP contribution in [0.4, 0.5) is 0 Å². The first kappa shape index (κ1) is 12.0. The van der Waals surface area contributed by atoms with E-state index < -0.39 is 4.92 Å². The third kappa shape index (κ3) is 2.73. The lowest BCUT2D eigenvalue weighted by molar-refractivity contribution is -0.425. The van der Waals surface area contributed by atoms with Crippen molar-refractivity contribution < 1.29 is 14.8 Å². The van der Waals surface area contributed by atoms with Crippen molar-refractivity contribution >= 4 is 6.08 Å². The molecule has 0 bridgehead atoms. The molecular weight excluding hydrogens is 210 g/mol.